The molecule has 0 saturated carbocycles. The van der Waals surface area contributed by atoms with Crippen molar-refractivity contribution in [3.8, 4) is 0 Å². The lowest BCUT2D eigenvalue weighted by atomic mass is 9.88. The van der Waals surface area contributed by atoms with Crippen LogP contribution >= 0.6 is 0 Å². The minimum Gasteiger partial charge on any atom is -0.378 e. The summed E-state index contributed by atoms with van der Waals surface area (Å²) in [5.41, 5.74) is 0. The Morgan fingerprint density at radius 3 is 1.52 bits per heavy atom. The molecule has 3 nitrogen and oxygen atoms in total. The van der Waals surface area contributed by atoms with Crippen molar-refractivity contribution in [3.05, 3.63) is 0 Å². The van der Waals surface area contributed by atoms with Crippen LogP contribution in [0.25, 0.3) is 0 Å². The van der Waals surface area contributed by atoms with Crippen LogP contribution in [-0.4, -0.2) is 37.6 Å². The van der Waals surface area contributed by atoms with Crippen LogP contribution in [0.15, 0.2) is 0 Å². The average molecular weight is 296 g/mol. The van der Waals surface area contributed by atoms with Gasteiger partial charge in [0.25, 0.3) is 0 Å². The van der Waals surface area contributed by atoms with Gasteiger partial charge in [0.1, 0.15) is 0 Å². The summed E-state index contributed by atoms with van der Waals surface area (Å²) < 4.78 is 18.4. The maximum Gasteiger partial charge on any atom is 0.0632 e. The molecular formula is C18H32O3. The summed E-state index contributed by atoms with van der Waals surface area (Å²) in [7, 11) is 0. The van der Waals surface area contributed by atoms with Crippen LogP contribution in [0.5, 0.6) is 0 Å². The van der Waals surface area contributed by atoms with E-state index in [1.165, 1.54) is 51.4 Å². The van der Waals surface area contributed by atoms with Gasteiger partial charge in [-0.1, -0.05) is 13.8 Å². The van der Waals surface area contributed by atoms with E-state index in [0.29, 0.717) is 36.3 Å². The Kier molecular flexibility index (Phi) is 5.58. The van der Waals surface area contributed by atoms with Crippen LogP contribution < -0.4 is 0 Å². The minimum absolute atomic E-state index is 0.415. The largest absolute Gasteiger partial charge is 0.378 e. The highest BCUT2D eigenvalue weighted by Crippen LogP contribution is 2.39. The molecule has 3 rings (SSSR count). The molecule has 3 heteroatoms. The Morgan fingerprint density at radius 2 is 1.19 bits per heavy atom. The molecule has 0 aromatic rings. The number of rotatable bonds is 6. The lowest BCUT2D eigenvalue weighted by Gasteiger charge is -2.31. The van der Waals surface area contributed by atoms with E-state index in [1.54, 1.807) is 0 Å². The van der Waals surface area contributed by atoms with E-state index in [0.717, 1.165) is 13.2 Å². The van der Waals surface area contributed by atoms with Gasteiger partial charge in [0.05, 0.1) is 24.4 Å². The summed E-state index contributed by atoms with van der Waals surface area (Å²) in [5.74, 6) is 1.19. The quantitative estimate of drug-likeness (QED) is 0.743. The van der Waals surface area contributed by atoms with Gasteiger partial charge in [-0.15, -0.1) is 0 Å². The molecule has 3 aliphatic rings. The van der Waals surface area contributed by atoms with E-state index in [2.05, 4.69) is 13.8 Å². The van der Waals surface area contributed by atoms with E-state index < -0.39 is 0 Å². The van der Waals surface area contributed by atoms with Gasteiger partial charge >= 0.3 is 0 Å². The van der Waals surface area contributed by atoms with Crippen molar-refractivity contribution in [1.82, 2.24) is 0 Å². The van der Waals surface area contributed by atoms with E-state index in [1.807, 2.05) is 0 Å². The SMILES string of the molecule is CCC(C1CCCO1)C1CCC(C(CC)C2CCCO2)O1. The van der Waals surface area contributed by atoms with Gasteiger partial charge in [0.15, 0.2) is 0 Å². The molecule has 0 N–H and O–H groups in total. The number of hydrogen-bond donors (Lipinski definition) is 0. The topological polar surface area (TPSA) is 27.7 Å². The smallest absolute Gasteiger partial charge is 0.0632 e. The van der Waals surface area contributed by atoms with Gasteiger partial charge in [-0.3, -0.25) is 0 Å². The molecule has 21 heavy (non-hydrogen) atoms. The molecule has 0 bridgehead atoms. The van der Waals surface area contributed by atoms with Gasteiger partial charge in [0, 0.05) is 25.0 Å². The molecule has 0 radical (unpaired) electrons. The highest BCUT2D eigenvalue weighted by molar-refractivity contribution is 4.90. The first kappa shape index (κ1) is 15.8. The lowest BCUT2D eigenvalue weighted by Crippen LogP contribution is -2.35. The molecule has 6 atom stereocenters. The monoisotopic (exact) mass is 296 g/mol. The van der Waals surface area contributed by atoms with Crippen molar-refractivity contribution in [3.63, 3.8) is 0 Å². The Morgan fingerprint density at radius 1 is 0.714 bits per heavy atom. The van der Waals surface area contributed by atoms with E-state index in [4.69, 9.17) is 14.2 Å². The van der Waals surface area contributed by atoms with Crippen molar-refractivity contribution in [2.24, 2.45) is 11.8 Å². The average Bonchev–Trinajstić information content (AvgIpc) is 3.23. The van der Waals surface area contributed by atoms with Gasteiger partial charge in [0.2, 0.25) is 0 Å². The highest BCUT2D eigenvalue weighted by atomic mass is 16.5. The minimum atomic E-state index is 0.415. The van der Waals surface area contributed by atoms with Crippen LogP contribution in [-0.2, 0) is 14.2 Å². The number of ether oxygens (including phenoxy) is 3. The van der Waals surface area contributed by atoms with Crippen LogP contribution in [0.4, 0.5) is 0 Å². The molecule has 3 aliphatic heterocycles. The van der Waals surface area contributed by atoms with E-state index in [9.17, 15) is 0 Å². The first-order valence-corrected chi connectivity index (χ1v) is 9.22. The molecule has 3 fully saturated rings. The molecule has 0 aliphatic carbocycles. The second-order valence-corrected chi connectivity index (χ2v) is 7.04. The van der Waals surface area contributed by atoms with Gasteiger partial charge in [-0.2, -0.15) is 0 Å². The Hall–Kier alpha value is -0.120. The molecule has 3 saturated heterocycles. The molecule has 122 valence electrons. The van der Waals surface area contributed by atoms with E-state index >= 15 is 0 Å². The van der Waals surface area contributed by atoms with E-state index in [-0.39, 0.29) is 0 Å². The van der Waals surface area contributed by atoms with Gasteiger partial charge in [-0.05, 0) is 51.4 Å². The third-order valence-electron chi connectivity index (χ3n) is 5.87. The van der Waals surface area contributed by atoms with Gasteiger partial charge in [-0.25, -0.2) is 0 Å². The predicted octanol–water partition coefficient (Wildman–Crippen LogP) is 3.94. The predicted molar refractivity (Wildman–Crippen MR) is 83.4 cm³/mol. The van der Waals surface area contributed by atoms with Crippen molar-refractivity contribution in [2.75, 3.05) is 13.2 Å². The molecule has 0 aromatic heterocycles. The van der Waals surface area contributed by atoms with Crippen LogP contribution in [0.1, 0.15) is 65.2 Å². The second kappa shape index (κ2) is 7.43. The second-order valence-electron chi connectivity index (χ2n) is 7.04. The van der Waals surface area contributed by atoms with Crippen LogP contribution in [0.3, 0.4) is 0 Å². The van der Waals surface area contributed by atoms with Crippen LogP contribution in [0.2, 0.25) is 0 Å². The normalized spacial score (nSPS) is 39.7. The summed E-state index contributed by atoms with van der Waals surface area (Å²) in [6.07, 6.45) is 11.4. The third kappa shape index (κ3) is 3.46. The van der Waals surface area contributed by atoms with Gasteiger partial charge < -0.3 is 14.2 Å². The zero-order chi connectivity index (χ0) is 14.7. The summed E-state index contributed by atoms with van der Waals surface area (Å²) in [6, 6.07) is 0. The fourth-order valence-corrected chi connectivity index (χ4v) is 4.73. The summed E-state index contributed by atoms with van der Waals surface area (Å²) in [4.78, 5) is 0. The number of hydrogen-bond acceptors (Lipinski definition) is 3. The fraction of sp³-hybridized carbons (Fsp3) is 1.00. The Balaban J connectivity index is 1.57. The Labute approximate surface area is 129 Å². The maximum absolute atomic E-state index is 6.53. The lowest BCUT2D eigenvalue weighted by molar-refractivity contribution is -0.0799. The van der Waals surface area contributed by atoms with Crippen molar-refractivity contribution in [1.29, 1.82) is 0 Å². The van der Waals surface area contributed by atoms with Crippen molar-refractivity contribution >= 4 is 0 Å². The van der Waals surface area contributed by atoms with Crippen molar-refractivity contribution < 1.29 is 14.2 Å². The molecule has 3 heterocycles. The summed E-state index contributed by atoms with van der Waals surface area (Å²) in [6.45, 7) is 6.48. The van der Waals surface area contributed by atoms with Crippen molar-refractivity contribution in [2.45, 2.75) is 89.6 Å². The summed E-state index contributed by atoms with van der Waals surface area (Å²) in [5, 5.41) is 0. The highest BCUT2D eigenvalue weighted by Gasteiger charge is 2.41. The Bertz CT molecular complexity index is 278. The zero-order valence-electron chi connectivity index (χ0n) is 13.8. The standard InChI is InChI=1S/C18H32O3/c1-3-13(15-7-5-11-19-15)17-9-10-18(21-17)14(4-2)16-8-6-12-20-16/h13-18H,3-12H2,1-2H3. The zero-order valence-corrected chi connectivity index (χ0v) is 13.8. The molecular weight excluding hydrogens is 264 g/mol. The molecule has 0 aromatic carbocycles. The summed E-state index contributed by atoms with van der Waals surface area (Å²) >= 11 is 0. The fourth-order valence-electron chi connectivity index (χ4n) is 4.73. The first-order valence-electron chi connectivity index (χ1n) is 9.22. The molecule has 0 amide bonds. The van der Waals surface area contributed by atoms with Crippen LogP contribution in [0, 0.1) is 11.8 Å². The first-order chi connectivity index (χ1) is 10.3. The third-order valence-corrected chi connectivity index (χ3v) is 5.87. The molecule has 0 spiro atoms. The molecule has 6 unspecified atom stereocenters. The maximum atomic E-state index is 6.53.